The summed E-state index contributed by atoms with van der Waals surface area (Å²) in [6.07, 6.45) is 2.78. The number of para-hydroxylation sites is 1. The van der Waals surface area contributed by atoms with E-state index in [1.165, 1.54) is 16.5 Å². The first-order valence-electron chi connectivity index (χ1n) is 11.5. The van der Waals surface area contributed by atoms with E-state index in [1.807, 2.05) is 24.3 Å². The second kappa shape index (κ2) is 8.54. The fourth-order valence-electron chi connectivity index (χ4n) is 5.28. The fraction of sp³-hybridized carbons (Fsp3) is 0.440. The third-order valence-electron chi connectivity index (χ3n) is 7.10. The van der Waals surface area contributed by atoms with Gasteiger partial charge in [0, 0.05) is 39.1 Å². The summed E-state index contributed by atoms with van der Waals surface area (Å²) in [5, 5.41) is 3.01. The van der Waals surface area contributed by atoms with Crippen LogP contribution in [0.5, 0.6) is 0 Å². The molecule has 1 unspecified atom stereocenters. The Balaban J connectivity index is 1.13. The average molecular weight is 437 g/mol. The summed E-state index contributed by atoms with van der Waals surface area (Å²) in [6, 6.07) is 14.8. The Hall–Kier alpha value is -2.93. The fourth-order valence-corrected chi connectivity index (χ4v) is 5.28. The Bertz CT molecular complexity index is 1020. The molecule has 2 heterocycles. The Morgan fingerprint density at radius 3 is 2.41 bits per heavy atom. The number of amides is 3. The molecule has 168 valence electrons. The van der Waals surface area contributed by atoms with Crippen molar-refractivity contribution in [1.82, 2.24) is 15.1 Å². The quantitative estimate of drug-likeness (QED) is 0.733. The van der Waals surface area contributed by atoms with Crippen LogP contribution >= 0.6 is 0 Å². The molecule has 7 heteroatoms. The van der Waals surface area contributed by atoms with Crippen molar-refractivity contribution >= 4 is 17.6 Å². The summed E-state index contributed by atoms with van der Waals surface area (Å²) in [5.74, 6) is -0.264. The number of anilines is 1. The van der Waals surface area contributed by atoms with Crippen LogP contribution in [0.15, 0.2) is 48.5 Å². The van der Waals surface area contributed by atoms with Gasteiger partial charge in [-0.1, -0.05) is 36.4 Å². The molecule has 0 aromatic heterocycles. The lowest BCUT2D eigenvalue weighted by atomic mass is 9.78. The molecule has 5 rings (SSSR count). The summed E-state index contributed by atoms with van der Waals surface area (Å²) in [5.41, 5.74) is 2.30. The van der Waals surface area contributed by atoms with Crippen LogP contribution in [0.1, 0.15) is 24.0 Å². The Kier molecular flexibility index (Phi) is 5.59. The number of rotatable bonds is 5. The molecule has 3 amide bonds. The molecule has 0 radical (unpaired) electrons. The second-order valence-electron chi connectivity index (χ2n) is 9.05. The number of nitrogens with one attached hydrogen (secondary N) is 1. The van der Waals surface area contributed by atoms with Gasteiger partial charge in [-0.3, -0.25) is 14.6 Å². The molecule has 2 aliphatic heterocycles. The standard InChI is InChI=1S/C25H29FN4O2/c26-21-8-3-4-9-22(21)29-16-14-28(15-17-29)12-5-13-30-23(31)25(27-24(30)32)11-10-19-6-1-2-7-20(19)18-25/h1-4,6-9H,5,10-18H2,(H,27,32). The van der Waals surface area contributed by atoms with Gasteiger partial charge in [-0.2, -0.15) is 0 Å². The topological polar surface area (TPSA) is 55.9 Å². The molecule has 1 atom stereocenters. The van der Waals surface area contributed by atoms with Gasteiger partial charge in [0.05, 0.1) is 5.69 Å². The number of piperazine rings is 1. The molecule has 2 aromatic carbocycles. The monoisotopic (exact) mass is 436 g/mol. The van der Waals surface area contributed by atoms with Crippen LogP contribution in [0.25, 0.3) is 0 Å². The number of hydrogen-bond acceptors (Lipinski definition) is 4. The molecule has 3 aliphatic rings. The first-order valence-corrected chi connectivity index (χ1v) is 11.5. The highest BCUT2D eigenvalue weighted by molar-refractivity contribution is 6.07. The Morgan fingerprint density at radius 1 is 0.906 bits per heavy atom. The minimum atomic E-state index is -0.781. The van der Waals surface area contributed by atoms with Gasteiger partial charge in [0.2, 0.25) is 0 Å². The maximum Gasteiger partial charge on any atom is 0.325 e. The van der Waals surface area contributed by atoms with Crippen molar-refractivity contribution in [3.63, 3.8) is 0 Å². The smallest absolute Gasteiger partial charge is 0.325 e. The van der Waals surface area contributed by atoms with Crippen molar-refractivity contribution in [1.29, 1.82) is 0 Å². The number of urea groups is 1. The van der Waals surface area contributed by atoms with Crippen molar-refractivity contribution in [2.24, 2.45) is 0 Å². The number of fused-ring (bicyclic) bond motifs is 1. The van der Waals surface area contributed by atoms with E-state index in [0.717, 1.165) is 51.1 Å². The van der Waals surface area contributed by atoms with Gasteiger partial charge >= 0.3 is 6.03 Å². The minimum absolute atomic E-state index is 0.0821. The van der Waals surface area contributed by atoms with Crippen LogP contribution in [0.3, 0.4) is 0 Å². The van der Waals surface area contributed by atoms with Crippen LogP contribution in [0, 0.1) is 5.82 Å². The maximum absolute atomic E-state index is 14.0. The largest absolute Gasteiger partial charge is 0.367 e. The summed E-state index contributed by atoms with van der Waals surface area (Å²) in [6.45, 7) is 4.48. The molecule has 2 saturated heterocycles. The van der Waals surface area contributed by atoms with Gasteiger partial charge in [-0.15, -0.1) is 0 Å². The molecule has 2 aromatic rings. The lowest BCUT2D eigenvalue weighted by molar-refractivity contribution is -0.131. The van der Waals surface area contributed by atoms with Crippen LogP contribution in [0.4, 0.5) is 14.9 Å². The second-order valence-corrected chi connectivity index (χ2v) is 9.05. The van der Waals surface area contributed by atoms with E-state index < -0.39 is 5.54 Å². The minimum Gasteiger partial charge on any atom is -0.367 e. The summed E-state index contributed by atoms with van der Waals surface area (Å²) in [4.78, 5) is 31.6. The lowest BCUT2D eigenvalue weighted by Crippen LogP contribution is -2.51. The van der Waals surface area contributed by atoms with E-state index in [2.05, 4.69) is 27.2 Å². The highest BCUT2D eigenvalue weighted by atomic mass is 19.1. The SMILES string of the molecule is O=C1NC2(CCc3ccccc3C2)C(=O)N1CCCN1CCN(c2ccccc2F)CC1. The van der Waals surface area contributed by atoms with Gasteiger partial charge in [0.25, 0.3) is 5.91 Å². The van der Waals surface area contributed by atoms with Crippen LogP contribution in [0.2, 0.25) is 0 Å². The molecular formula is C25H29FN4O2. The third kappa shape index (κ3) is 3.86. The van der Waals surface area contributed by atoms with Gasteiger partial charge < -0.3 is 10.2 Å². The van der Waals surface area contributed by atoms with Crippen LogP contribution in [-0.4, -0.2) is 66.5 Å². The van der Waals surface area contributed by atoms with E-state index in [-0.39, 0.29) is 17.8 Å². The predicted molar refractivity (Wildman–Crippen MR) is 121 cm³/mol. The number of hydrogen-bond donors (Lipinski definition) is 1. The van der Waals surface area contributed by atoms with E-state index >= 15 is 0 Å². The highest BCUT2D eigenvalue weighted by Crippen LogP contribution is 2.33. The normalized spacial score (nSPS) is 23.5. The third-order valence-corrected chi connectivity index (χ3v) is 7.10. The summed E-state index contributed by atoms with van der Waals surface area (Å²) < 4.78 is 14.0. The van der Waals surface area contributed by atoms with Crippen LogP contribution in [-0.2, 0) is 17.6 Å². The van der Waals surface area contributed by atoms with E-state index in [4.69, 9.17) is 0 Å². The predicted octanol–water partition coefficient (Wildman–Crippen LogP) is 2.82. The van der Waals surface area contributed by atoms with E-state index in [9.17, 15) is 14.0 Å². The molecule has 1 N–H and O–H groups in total. The first kappa shape index (κ1) is 20.9. The van der Waals surface area contributed by atoms with Crippen molar-refractivity contribution < 1.29 is 14.0 Å². The molecule has 0 bridgehead atoms. The number of imide groups is 1. The molecular weight excluding hydrogens is 407 g/mol. The van der Waals surface area contributed by atoms with Gasteiger partial charge in [0.15, 0.2) is 0 Å². The maximum atomic E-state index is 14.0. The zero-order chi connectivity index (χ0) is 22.1. The van der Waals surface area contributed by atoms with Crippen molar-refractivity contribution in [2.45, 2.75) is 31.2 Å². The van der Waals surface area contributed by atoms with Crippen molar-refractivity contribution in [2.75, 3.05) is 44.2 Å². The number of nitrogens with zero attached hydrogens (tertiary/aromatic N) is 3. The van der Waals surface area contributed by atoms with Gasteiger partial charge in [0.1, 0.15) is 11.4 Å². The summed E-state index contributed by atoms with van der Waals surface area (Å²) in [7, 11) is 0. The van der Waals surface area contributed by atoms with E-state index in [0.29, 0.717) is 25.1 Å². The lowest BCUT2D eigenvalue weighted by Gasteiger charge is -2.36. The van der Waals surface area contributed by atoms with Crippen molar-refractivity contribution in [3.05, 3.63) is 65.5 Å². The van der Waals surface area contributed by atoms with E-state index in [1.54, 1.807) is 6.07 Å². The Labute approximate surface area is 188 Å². The number of halogens is 1. The van der Waals surface area contributed by atoms with Crippen molar-refractivity contribution in [3.8, 4) is 0 Å². The number of aryl methyl sites for hydroxylation is 1. The summed E-state index contributed by atoms with van der Waals surface area (Å²) >= 11 is 0. The van der Waals surface area contributed by atoms with Crippen LogP contribution < -0.4 is 10.2 Å². The molecule has 32 heavy (non-hydrogen) atoms. The molecule has 1 aliphatic carbocycles. The van der Waals surface area contributed by atoms with Gasteiger partial charge in [-0.25, -0.2) is 9.18 Å². The number of benzene rings is 2. The molecule has 1 spiro atoms. The zero-order valence-electron chi connectivity index (χ0n) is 18.2. The Morgan fingerprint density at radius 2 is 1.62 bits per heavy atom. The molecule has 6 nitrogen and oxygen atoms in total. The van der Waals surface area contributed by atoms with Gasteiger partial charge in [-0.05, 0) is 49.1 Å². The highest BCUT2D eigenvalue weighted by Gasteiger charge is 2.51. The average Bonchev–Trinajstić information content (AvgIpc) is 3.03. The molecule has 0 saturated carbocycles. The number of carbonyl (C=O) groups excluding carboxylic acids is 2. The zero-order valence-corrected chi connectivity index (χ0v) is 18.2. The number of carbonyl (C=O) groups is 2. The first-order chi connectivity index (χ1) is 15.6. The molecule has 2 fully saturated rings.